The monoisotopic (exact) mass is 284 g/mol. The van der Waals surface area contributed by atoms with Crippen molar-refractivity contribution in [2.45, 2.75) is 43.5 Å². The molecule has 4 N–H and O–H groups in total. The van der Waals surface area contributed by atoms with E-state index in [4.69, 9.17) is 5.73 Å². The van der Waals surface area contributed by atoms with E-state index in [0.717, 1.165) is 31.6 Å². The molecular weight excluding hydrogens is 264 g/mol. The number of nitrogens with one attached hydrogen (secondary N) is 1. The number of nitrogens with two attached hydrogens (primary N) is 1. The first kappa shape index (κ1) is 14.1. The van der Waals surface area contributed by atoms with E-state index in [1.54, 1.807) is 12.1 Å². The lowest BCUT2D eigenvalue weighted by atomic mass is 9.87. The van der Waals surface area contributed by atoms with Gasteiger partial charge in [-0.1, -0.05) is 6.92 Å². The molecule has 1 aliphatic carbocycles. The Hall–Kier alpha value is -1.27. The number of benzene rings is 1. The maximum Gasteiger partial charge on any atom is 0.296 e. The molecule has 0 radical (unpaired) electrons. The molecule has 0 saturated heterocycles. The van der Waals surface area contributed by atoms with Crippen LogP contribution in [0.3, 0.4) is 0 Å². The second kappa shape index (κ2) is 5.38. The molecule has 1 aromatic rings. The molecule has 0 spiro atoms. The van der Waals surface area contributed by atoms with Gasteiger partial charge in [0.2, 0.25) is 0 Å². The van der Waals surface area contributed by atoms with Gasteiger partial charge in [0.05, 0.1) is 5.69 Å². The number of hydrogen-bond acceptors (Lipinski definition) is 4. The van der Waals surface area contributed by atoms with Crippen LogP contribution in [-0.4, -0.2) is 19.0 Å². The minimum atomic E-state index is -4.26. The van der Waals surface area contributed by atoms with Crippen LogP contribution >= 0.6 is 0 Å². The molecular formula is C13H20N2O3S. The van der Waals surface area contributed by atoms with E-state index in [-0.39, 0.29) is 10.9 Å². The van der Waals surface area contributed by atoms with Gasteiger partial charge in [0.15, 0.2) is 0 Å². The van der Waals surface area contributed by atoms with Crippen LogP contribution in [0.4, 0.5) is 11.4 Å². The van der Waals surface area contributed by atoms with Gasteiger partial charge in [0.25, 0.3) is 10.1 Å². The largest absolute Gasteiger partial charge is 0.399 e. The number of hydrogen-bond donors (Lipinski definition) is 3. The lowest BCUT2D eigenvalue weighted by molar-refractivity contribution is 0.361. The van der Waals surface area contributed by atoms with Crippen molar-refractivity contribution in [2.75, 3.05) is 11.1 Å². The van der Waals surface area contributed by atoms with Gasteiger partial charge in [-0.3, -0.25) is 4.55 Å². The Kier molecular flexibility index (Phi) is 4.01. The summed E-state index contributed by atoms with van der Waals surface area (Å²) in [5, 5.41) is 3.21. The highest BCUT2D eigenvalue weighted by Crippen LogP contribution is 2.29. The third-order valence-corrected chi connectivity index (χ3v) is 4.55. The zero-order valence-corrected chi connectivity index (χ0v) is 11.8. The van der Waals surface area contributed by atoms with Crippen LogP contribution in [0.1, 0.15) is 32.6 Å². The first-order valence-corrected chi connectivity index (χ1v) is 7.94. The zero-order valence-electron chi connectivity index (χ0n) is 11.0. The van der Waals surface area contributed by atoms with E-state index >= 15 is 0 Å². The Morgan fingerprint density at radius 2 is 1.89 bits per heavy atom. The molecule has 0 unspecified atom stereocenters. The molecule has 0 amide bonds. The normalized spacial score (nSPS) is 24.1. The summed E-state index contributed by atoms with van der Waals surface area (Å²) in [4.78, 5) is -0.147. The second-order valence-electron chi connectivity index (χ2n) is 5.33. The third-order valence-electron chi connectivity index (χ3n) is 3.66. The standard InChI is InChI=1S/C13H20N2O3S/c1-9-2-5-11(6-3-9)15-12-7-4-10(14)8-13(12)19(16,17)18/h4,7-9,11,15H,2-3,5-6,14H2,1H3,(H,16,17,18). The van der Waals surface area contributed by atoms with Gasteiger partial charge in [-0.25, -0.2) is 0 Å². The molecule has 1 aliphatic rings. The van der Waals surface area contributed by atoms with Crippen molar-refractivity contribution in [1.82, 2.24) is 0 Å². The Balaban J connectivity index is 2.21. The third kappa shape index (κ3) is 3.61. The average Bonchev–Trinajstić information content (AvgIpc) is 2.33. The van der Waals surface area contributed by atoms with E-state index in [2.05, 4.69) is 12.2 Å². The van der Waals surface area contributed by atoms with Gasteiger partial charge in [-0.05, 0) is 49.8 Å². The predicted octanol–water partition coefficient (Wildman–Crippen LogP) is 2.51. The fourth-order valence-electron chi connectivity index (χ4n) is 2.50. The molecule has 0 aromatic heterocycles. The Labute approximate surface area is 113 Å². The summed E-state index contributed by atoms with van der Waals surface area (Å²) in [6.45, 7) is 2.23. The summed E-state index contributed by atoms with van der Waals surface area (Å²) in [5.74, 6) is 0.727. The first-order valence-electron chi connectivity index (χ1n) is 6.50. The van der Waals surface area contributed by atoms with E-state index in [0.29, 0.717) is 11.4 Å². The highest BCUT2D eigenvalue weighted by atomic mass is 32.2. The molecule has 1 fully saturated rings. The minimum absolute atomic E-state index is 0.147. The number of anilines is 2. The predicted molar refractivity (Wildman–Crippen MR) is 75.7 cm³/mol. The van der Waals surface area contributed by atoms with Gasteiger partial charge in [-0.15, -0.1) is 0 Å². The van der Waals surface area contributed by atoms with Crippen molar-refractivity contribution in [3.8, 4) is 0 Å². The summed E-state index contributed by atoms with van der Waals surface area (Å²) < 4.78 is 32.0. The second-order valence-corrected chi connectivity index (χ2v) is 6.72. The van der Waals surface area contributed by atoms with Crippen molar-refractivity contribution in [3.63, 3.8) is 0 Å². The first-order chi connectivity index (χ1) is 8.86. The fraction of sp³-hybridized carbons (Fsp3) is 0.538. The zero-order chi connectivity index (χ0) is 14.0. The van der Waals surface area contributed by atoms with Crippen molar-refractivity contribution in [3.05, 3.63) is 18.2 Å². The summed E-state index contributed by atoms with van der Waals surface area (Å²) in [5.41, 5.74) is 6.31. The molecule has 1 aromatic carbocycles. The number of rotatable bonds is 3. The summed E-state index contributed by atoms with van der Waals surface area (Å²) in [7, 11) is -4.26. The van der Waals surface area contributed by atoms with Gasteiger partial charge >= 0.3 is 0 Å². The van der Waals surface area contributed by atoms with Crippen LogP contribution in [-0.2, 0) is 10.1 Å². The molecule has 0 heterocycles. The van der Waals surface area contributed by atoms with E-state index in [1.807, 2.05) is 0 Å². The Bertz CT molecular complexity index is 549. The lowest BCUT2D eigenvalue weighted by Gasteiger charge is -2.28. The number of nitrogen functional groups attached to an aromatic ring is 1. The van der Waals surface area contributed by atoms with E-state index < -0.39 is 10.1 Å². The van der Waals surface area contributed by atoms with Gasteiger partial charge in [0, 0.05) is 11.7 Å². The maximum atomic E-state index is 11.4. The molecule has 0 atom stereocenters. The summed E-state index contributed by atoms with van der Waals surface area (Å²) in [6.07, 6.45) is 4.29. The topological polar surface area (TPSA) is 92.4 Å². The minimum Gasteiger partial charge on any atom is -0.399 e. The summed E-state index contributed by atoms with van der Waals surface area (Å²) in [6, 6.07) is 4.77. The molecule has 106 valence electrons. The molecule has 19 heavy (non-hydrogen) atoms. The van der Waals surface area contributed by atoms with Crippen molar-refractivity contribution >= 4 is 21.5 Å². The van der Waals surface area contributed by atoms with Crippen LogP contribution in [0, 0.1) is 5.92 Å². The van der Waals surface area contributed by atoms with Crippen molar-refractivity contribution in [2.24, 2.45) is 5.92 Å². The summed E-state index contributed by atoms with van der Waals surface area (Å²) >= 11 is 0. The average molecular weight is 284 g/mol. The van der Waals surface area contributed by atoms with Gasteiger partial charge < -0.3 is 11.1 Å². The van der Waals surface area contributed by atoms with Crippen LogP contribution < -0.4 is 11.1 Å². The van der Waals surface area contributed by atoms with Crippen molar-refractivity contribution < 1.29 is 13.0 Å². The molecule has 2 rings (SSSR count). The maximum absolute atomic E-state index is 11.4. The smallest absolute Gasteiger partial charge is 0.296 e. The van der Waals surface area contributed by atoms with Gasteiger partial charge in [-0.2, -0.15) is 8.42 Å². The molecule has 0 aliphatic heterocycles. The van der Waals surface area contributed by atoms with Crippen molar-refractivity contribution in [1.29, 1.82) is 0 Å². The van der Waals surface area contributed by atoms with Crippen LogP contribution in [0.15, 0.2) is 23.1 Å². The van der Waals surface area contributed by atoms with Crippen LogP contribution in [0.5, 0.6) is 0 Å². The highest BCUT2D eigenvalue weighted by Gasteiger charge is 2.21. The van der Waals surface area contributed by atoms with Gasteiger partial charge in [0.1, 0.15) is 4.90 Å². The molecule has 6 heteroatoms. The molecule has 0 bridgehead atoms. The van der Waals surface area contributed by atoms with Crippen LogP contribution in [0.25, 0.3) is 0 Å². The Morgan fingerprint density at radius 1 is 1.26 bits per heavy atom. The quantitative estimate of drug-likeness (QED) is 0.586. The molecule has 5 nitrogen and oxygen atoms in total. The van der Waals surface area contributed by atoms with E-state index in [1.165, 1.54) is 6.07 Å². The molecule has 1 saturated carbocycles. The van der Waals surface area contributed by atoms with E-state index in [9.17, 15) is 13.0 Å². The Morgan fingerprint density at radius 3 is 2.47 bits per heavy atom. The highest BCUT2D eigenvalue weighted by molar-refractivity contribution is 7.86. The SMILES string of the molecule is CC1CCC(Nc2ccc(N)cc2S(=O)(=O)O)CC1. The fourth-order valence-corrected chi connectivity index (χ4v) is 3.19. The lowest BCUT2D eigenvalue weighted by Crippen LogP contribution is -2.26. The van der Waals surface area contributed by atoms with Crippen LogP contribution in [0.2, 0.25) is 0 Å².